The van der Waals surface area contributed by atoms with Crippen LogP contribution in [0.5, 0.6) is 0 Å². The van der Waals surface area contributed by atoms with Crippen LogP contribution in [0.4, 0.5) is 5.82 Å². The minimum atomic E-state index is 0.125. The molecule has 0 aliphatic rings. The highest BCUT2D eigenvalue weighted by molar-refractivity contribution is 7.18. The fourth-order valence-electron chi connectivity index (χ4n) is 1.29. The smallest absolute Gasteiger partial charge is 0.172 e. The van der Waals surface area contributed by atoms with Crippen molar-refractivity contribution >= 4 is 27.5 Å². The van der Waals surface area contributed by atoms with Crippen LogP contribution in [0.2, 0.25) is 0 Å². The van der Waals surface area contributed by atoms with Crippen LogP contribution in [0, 0.1) is 6.92 Å². The van der Waals surface area contributed by atoms with Gasteiger partial charge in [0, 0.05) is 12.6 Å². The van der Waals surface area contributed by atoms with Gasteiger partial charge in [-0.15, -0.1) is 11.3 Å². The minimum Gasteiger partial charge on any atom is -0.368 e. The van der Waals surface area contributed by atoms with Gasteiger partial charge in [-0.3, -0.25) is 0 Å². The third-order valence-corrected chi connectivity index (χ3v) is 2.89. The van der Waals surface area contributed by atoms with Crippen molar-refractivity contribution in [3.05, 3.63) is 17.1 Å². The normalized spacial score (nSPS) is 13.0. The molecule has 0 saturated carbocycles. The summed E-state index contributed by atoms with van der Waals surface area (Å²) in [7, 11) is 0. The van der Waals surface area contributed by atoms with Gasteiger partial charge >= 0.3 is 0 Å². The number of rotatable bonds is 3. The Morgan fingerprint density at radius 3 is 3.00 bits per heavy atom. The first-order chi connectivity index (χ1) is 7.15. The van der Waals surface area contributed by atoms with Gasteiger partial charge in [-0.05, 0) is 26.0 Å². The largest absolute Gasteiger partial charge is 0.368 e. The standard InChI is InChI=1S/C10H14N4S/c1-6(11)5-12-9-4-3-8-10(14-9)13-7(2)15-8/h3-4,6H,5,11H2,1-2H3,(H,12,14). The molecule has 15 heavy (non-hydrogen) atoms. The van der Waals surface area contributed by atoms with Gasteiger partial charge in [-0.2, -0.15) is 0 Å². The molecule has 1 unspecified atom stereocenters. The number of hydrogen-bond donors (Lipinski definition) is 2. The molecule has 2 heterocycles. The average molecular weight is 222 g/mol. The lowest BCUT2D eigenvalue weighted by Crippen LogP contribution is -2.25. The molecule has 2 aromatic heterocycles. The van der Waals surface area contributed by atoms with E-state index in [1.165, 1.54) is 0 Å². The van der Waals surface area contributed by atoms with Gasteiger partial charge in [0.05, 0.1) is 9.71 Å². The number of nitrogens with zero attached hydrogens (tertiary/aromatic N) is 2. The first-order valence-electron chi connectivity index (χ1n) is 4.89. The van der Waals surface area contributed by atoms with Gasteiger partial charge in [-0.1, -0.05) is 0 Å². The lowest BCUT2D eigenvalue weighted by Gasteiger charge is -2.07. The predicted molar refractivity (Wildman–Crippen MR) is 64.3 cm³/mol. The Labute approximate surface area is 92.5 Å². The van der Waals surface area contributed by atoms with E-state index in [1.54, 1.807) is 11.3 Å². The third-order valence-electron chi connectivity index (χ3n) is 1.97. The molecule has 0 aliphatic carbocycles. The zero-order valence-corrected chi connectivity index (χ0v) is 9.64. The van der Waals surface area contributed by atoms with Gasteiger partial charge in [0.25, 0.3) is 0 Å². The van der Waals surface area contributed by atoms with Gasteiger partial charge < -0.3 is 11.1 Å². The van der Waals surface area contributed by atoms with Crippen LogP contribution in [0.15, 0.2) is 12.1 Å². The molecule has 0 amide bonds. The van der Waals surface area contributed by atoms with Crippen molar-refractivity contribution < 1.29 is 0 Å². The Kier molecular flexibility index (Phi) is 2.83. The molecule has 1 atom stereocenters. The molecule has 80 valence electrons. The Morgan fingerprint density at radius 1 is 1.47 bits per heavy atom. The van der Waals surface area contributed by atoms with E-state index in [2.05, 4.69) is 15.3 Å². The highest BCUT2D eigenvalue weighted by Crippen LogP contribution is 2.21. The van der Waals surface area contributed by atoms with E-state index in [0.717, 1.165) is 27.7 Å². The number of anilines is 1. The first-order valence-corrected chi connectivity index (χ1v) is 5.70. The first kappa shape index (κ1) is 10.3. The monoisotopic (exact) mass is 222 g/mol. The fourth-order valence-corrected chi connectivity index (χ4v) is 2.06. The fraction of sp³-hybridized carbons (Fsp3) is 0.400. The average Bonchev–Trinajstić information content (AvgIpc) is 2.53. The molecule has 0 aliphatic heterocycles. The van der Waals surface area contributed by atoms with Crippen molar-refractivity contribution in [1.29, 1.82) is 0 Å². The summed E-state index contributed by atoms with van der Waals surface area (Å²) in [5.41, 5.74) is 6.47. The second-order valence-electron chi connectivity index (χ2n) is 3.61. The van der Waals surface area contributed by atoms with Crippen LogP contribution in [-0.4, -0.2) is 22.6 Å². The summed E-state index contributed by atoms with van der Waals surface area (Å²) < 4.78 is 1.12. The molecule has 0 bridgehead atoms. The molecular weight excluding hydrogens is 208 g/mol. The van der Waals surface area contributed by atoms with E-state index >= 15 is 0 Å². The van der Waals surface area contributed by atoms with E-state index < -0.39 is 0 Å². The number of fused-ring (bicyclic) bond motifs is 1. The highest BCUT2D eigenvalue weighted by atomic mass is 32.1. The Balaban J connectivity index is 2.22. The van der Waals surface area contributed by atoms with Crippen molar-refractivity contribution in [2.75, 3.05) is 11.9 Å². The topological polar surface area (TPSA) is 63.8 Å². The molecule has 4 nitrogen and oxygen atoms in total. The molecular formula is C10H14N4S. The second-order valence-corrected chi connectivity index (χ2v) is 4.84. The number of pyridine rings is 1. The number of nitrogens with two attached hydrogens (primary N) is 1. The number of hydrogen-bond acceptors (Lipinski definition) is 5. The van der Waals surface area contributed by atoms with Crippen molar-refractivity contribution in [1.82, 2.24) is 9.97 Å². The quantitative estimate of drug-likeness (QED) is 0.830. The molecule has 5 heteroatoms. The van der Waals surface area contributed by atoms with Crippen molar-refractivity contribution in [3.8, 4) is 0 Å². The van der Waals surface area contributed by atoms with E-state index in [-0.39, 0.29) is 6.04 Å². The number of aromatic nitrogens is 2. The summed E-state index contributed by atoms with van der Waals surface area (Å²) in [5.74, 6) is 0.838. The second kappa shape index (κ2) is 4.12. The maximum absolute atomic E-state index is 5.65. The molecule has 0 radical (unpaired) electrons. The van der Waals surface area contributed by atoms with E-state index in [1.807, 2.05) is 26.0 Å². The summed E-state index contributed by atoms with van der Waals surface area (Å²) in [6.07, 6.45) is 0. The summed E-state index contributed by atoms with van der Waals surface area (Å²) in [6.45, 7) is 4.67. The Morgan fingerprint density at radius 2 is 2.27 bits per heavy atom. The summed E-state index contributed by atoms with van der Waals surface area (Å²) >= 11 is 1.66. The summed E-state index contributed by atoms with van der Waals surface area (Å²) in [6, 6.07) is 4.12. The maximum atomic E-state index is 5.65. The van der Waals surface area contributed by atoms with E-state index in [9.17, 15) is 0 Å². The van der Waals surface area contributed by atoms with Crippen molar-refractivity contribution in [2.45, 2.75) is 19.9 Å². The van der Waals surface area contributed by atoms with Crippen LogP contribution in [0.3, 0.4) is 0 Å². The number of nitrogens with one attached hydrogen (secondary N) is 1. The van der Waals surface area contributed by atoms with Crippen LogP contribution in [0.1, 0.15) is 11.9 Å². The highest BCUT2D eigenvalue weighted by Gasteiger charge is 2.03. The zero-order chi connectivity index (χ0) is 10.8. The summed E-state index contributed by atoms with van der Waals surface area (Å²) in [4.78, 5) is 8.74. The Bertz CT molecular complexity index is 463. The van der Waals surface area contributed by atoms with Gasteiger partial charge in [0.2, 0.25) is 0 Å². The minimum absolute atomic E-state index is 0.125. The van der Waals surface area contributed by atoms with Crippen LogP contribution in [-0.2, 0) is 0 Å². The van der Waals surface area contributed by atoms with Crippen molar-refractivity contribution in [3.63, 3.8) is 0 Å². The molecule has 0 spiro atoms. The molecule has 0 fully saturated rings. The lowest BCUT2D eigenvalue weighted by atomic mass is 10.3. The van der Waals surface area contributed by atoms with Gasteiger partial charge in [-0.25, -0.2) is 9.97 Å². The van der Waals surface area contributed by atoms with E-state index in [4.69, 9.17) is 5.73 Å². The van der Waals surface area contributed by atoms with Crippen molar-refractivity contribution in [2.24, 2.45) is 5.73 Å². The molecule has 3 N–H and O–H groups in total. The predicted octanol–water partition coefficient (Wildman–Crippen LogP) is 1.76. The van der Waals surface area contributed by atoms with Crippen LogP contribution >= 0.6 is 11.3 Å². The van der Waals surface area contributed by atoms with E-state index in [0.29, 0.717) is 0 Å². The Hall–Kier alpha value is -1.20. The lowest BCUT2D eigenvalue weighted by molar-refractivity contribution is 0.778. The van der Waals surface area contributed by atoms with Gasteiger partial charge in [0.1, 0.15) is 5.82 Å². The molecule has 2 rings (SSSR count). The molecule has 2 aromatic rings. The maximum Gasteiger partial charge on any atom is 0.172 e. The van der Waals surface area contributed by atoms with Crippen LogP contribution in [0.25, 0.3) is 10.3 Å². The van der Waals surface area contributed by atoms with Crippen LogP contribution < -0.4 is 11.1 Å². The number of thiazole rings is 1. The molecule has 0 aromatic carbocycles. The molecule has 0 saturated heterocycles. The SMILES string of the molecule is Cc1nc2nc(NCC(C)N)ccc2s1. The number of aryl methyl sites for hydroxylation is 1. The van der Waals surface area contributed by atoms with Gasteiger partial charge in [0.15, 0.2) is 5.65 Å². The third kappa shape index (κ3) is 2.43. The zero-order valence-electron chi connectivity index (χ0n) is 8.82. The summed E-state index contributed by atoms with van der Waals surface area (Å²) in [5, 5.41) is 4.22.